The summed E-state index contributed by atoms with van der Waals surface area (Å²) in [6.07, 6.45) is 3.62. The SMILES string of the molecule is N#CCC1(O)CCN(C2CC2)C1. The van der Waals surface area contributed by atoms with Gasteiger partial charge in [0.2, 0.25) is 0 Å². The van der Waals surface area contributed by atoms with Gasteiger partial charge in [-0.2, -0.15) is 5.26 Å². The van der Waals surface area contributed by atoms with E-state index in [1.54, 1.807) is 0 Å². The van der Waals surface area contributed by atoms with Crippen molar-refractivity contribution in [3.8, 4) is 6.07 Å². The molecule has 1 aliphatic heterocycles. The van der Waals surface area contributed by atoms with Gasteiger partial charge in [-0.05, 0) is 19.3 Å². The zero-order chi connectivity index (χ0) is 8.60. The summed E-state index contributed by atoms with van der Waals surface area (Å²) < 4.78 is 0. The van der Waals surface area contributed by atoms with E-state index in [1.165, 1.54) is 12.8 Å². The van der Waals surface area contributed by atoms with Crippen molar-refractivity contribution >= 4 is 0 Å². The fourth-order valence-electron chi connectivity index (χ4n) is 1.93. The quantitative estimate of drug-likeness (QED) is 0.649. The maximum atomic E-state index is 9.87. The number of likely N-dealkylation sites (tertiary alicyclic amines) is 1. The number of nitrogens with zero attached hydrogens (tertiary/aromatic N) is 2. The van der Waals surface area contributed by atoms with Crippen molar-refractivity contribution in [3.63, 3.8) is 0 Å². The Morgan fingerprint density at radius 3 is 2.92 bits per heavy atom. The van der Waals surface area contributed by atoms with E-state index in [4.69, 9.17) is 5.26 Å². The van der Waals surface area contributed by atoms with Crippen LogP contribution in [0.1, 0.15) is 25.7 Å². The maximum Gasteiger partial charge on any atom is 0.0915 e. The Kier molecular flexibility index (Phi) is 1.82. The molecule has 0 aromatic carbocycles. The molecule has 1 saturated heterocycles. The number of β-amino-alcohol motifs (C(OH)–C–C–N with tert-alkyl or cyclic N) is 1. The molecule has 0 amide bonds. The highest BCUT2D eigenvalue weighted by molar-refractivity contribution is 5.00. The highest BCUT2D eigenvalue weighted by Crippen LogP contribution is 2.34. The molecule has 0 radical (unpaired) electrons. The number of aliphatic hydroxyl groups is 1. The Labute approximate surface area is 72.6 Å². The standard InChI is InChI=1S/C9H14N2O/c10-5-3-9(12)4-6-11(7-9)8-1-2-8/h8,12H,1-4,6-7H2. The zero-order valence-corrected chi connectivity index (χ0v) is 7.16. The molecule has 3 nitrogen and oxygen atoms in total. The van der Waals surface area contributed by atoms with Crippen LogP contribution in [-0.2, 0) is 0 Å². The molecule has 0 spiro atoms. The summed E-state index contributed by atoms with van der Waals surface area (Å²) in [5.74, 6) is 0. The lowest BCUT2D eigenvalue weighted by molar-refractivity contribution is 0.0531. The lowest BCUT2D eigenvalue weighted by Crippen LogP contribution is -2.33. The van der Waals surface area contributed by atoms with Crippen LogP contribution in [0.4, 0.5) is 0 Å². The number of nitriles is 1. The van der Waals surface area contributed by atoms with E-state index in [2.05, 4.69) is 11.0 Å². The lowest BCUT2D eigenvalue weighted by Gasteiger charge is -2.19. The van der Waals surface area contributed by atoms with E-state index >= 15 is 0 Å². The fourth-order valence-corrected chi connectivity index (χ4v) is 1.93. The van der Waals surface area contributed by atoms with Gasteiger partial charge >= 0.3 is 0 Å². The molecule has 0 bridgehead atoms. The van der Waals surface area contributed by atoms with E-state index in [0.717, 1.165) is 19.0 Å². The van der Waals surface area contributed by atoms with Gasteiger partial charge in [-0.15, -0.1) is 0 Å². The van der Waals surface area contributed by atoms with Gasteiger partial charge in [0.15, 0.2) is 0 Å². The predicted octanol–water partition coefficient (Wildman–Crippen LogP) is 0.499. The molecule has 2 fully saturated rings. The van der Waals surface area contributed by atoms with Crippen LogP contribution in [0.25, 0.3) is 0 Å². The molecule has 1 N–H and O–H groups in total. The van der Waals surface area contributed by atoms with E-state index in [-0.39, 0.29) is 6.42 Å². The Morgan fingerprint density at radius 1 is 1.58 bits per heavy atom. The van der Waals surface area contributed by atoms with Crippen molar-refractivity contribution in [3.05, 3.63) is 0 Å². The third-order valence-corrected chi connectivity index (χ3v) is 2.83. The van der Waals surface area contributed by atoms with E-state index in [9.17, 15) is 5.11 Å². The second-order valence-corrected chi connectivity index (χ2v) is 4.01. The van der Waals surface area contributed by atoms with Gasteiger partial charge in [-0.3, -0.25) is 4.90 Å². The minimum absolute atomic E-state index is 0.288. The van der Waals surface area contributed by atoms with Gasteiger partial charge in [-0.1, -0.05) is 0 Å². The molecule has 2 aliphatic rings. The van der Waals surface area contributed by atoms with Crippen molar-refractivity contribution in [1.29, 1.82) is 5.26 Å². The van der Waals surface area contributed by atoms with Crippen LogP contribution < -0.4 is 0 Å². The van der Waals surface area contributed by atoms with Crippen molar-refractivity contribution in [2.24, 2.45) is 0 Å². The number of rotatable bonds is 2. The highest BCUT2D eigenvalue weighted by atomic mass is 16.3. The van der Waals surface area contributed by atoms with E-state index < -0.39 is 5.60 Å². The summed E-state index contributed by atoms with van der Waals surface area (Å²) >= 11 is 0. The highest BCUT2D eigenvalue weighted by Gasteiger charge is 2.41. The Hall–Kier alpha value is -0.590. The third-order valence-electron chi connectivity index (χ3n) is 2.83. The van der Waals surface area contributed by atoms with Gasteiger partial charge in [0, 0.05) is 19.1 Å². The Balaban J connectivity index is 1.91. The van der Waals surface area contributed by atoms with Crippen LogP contribution in [0.2, 0.25) is 0 Å². The van der Waals surface area contributed by atoms with Crippen molar-refractivity contribution < 1.29 is 5.11 Å². The molecule has 1 heterocycles. The summed E-state index contributed by atoms with van der Waals surface area (Å²) in [6, 6.07) is 2.77. The van der Waals surface area contributed by atoms with Gasteiger partial charge in [0.25, 0.3) is 0 Å². The Morgan fingerprint density at radius 2 is 2.33 bits per heavy atom. The minimum atomic E-state index is -0.697. The molecule has 0 aromatic heterocycles. The van der Waals surface area contributed by atoms with Crippen LogP contribution in [0.5, 0.6) is 0 Å². The summed E-state index contributed by atoms with van der Waals surface area (Å²) in [7, 11) is 0. The lowest BCUT2D eigenvalue weighted by atomic mass is 10.0. The average molecular weight is 166 g/mol. The van der Waals surface area contributed by atoms with Crippen LogP contribution in [0.15, 0.2) is 0 Å². The molecular weight excluding hydrogens is 152 g/mol. The van der Waals surface area contributed by atoms with Crippen LogP contribution in [0.3, 0.4) is 0 Å². The van der Waals surface area contributed by atoms with E-state index in [1.807, 2.05) is 0 Å². The zero-order valence-electron chi connectivity index (χ0n) is 7.16. The molecule has 3 heteroatoms. The van der Waals surface area contributed by atoms with Gasteiger partial charge in [0.1, 0.15) is 0 Å². The third kappa shape index (κ3) is 1.45. The average Bonchev–Trinajstić information content (AvgIpc) is 2.78. The Bertz CT molecular complexity index is 219. The molecule has 2 rings (SSSR count). The summed E-state index contributed by atoms with van der Waals surface area (Å²) in [6.45, 7) is 1.69. The van der Waals surface area contributed by atoms with E-state index in [0.29, 0.717) is 6.54 Å². The van der Waals surface area contributed by atoms with Gasteiger partial charge < -0.3 is 5.11 Å². The smallest absolute Gasteiger partial charge is 0.0915 e. The van der Waals surface area contributed by atoms with Crippen LogP contribution in [-0.4, -0.2) is 34.7 Å². The molecule has 1 saturated carbocycles. The van der Waals surface area contributed by atoms with Gasteiger partial charge in [-0.25, -0.2) is 0 Å². The molecule has 12 heavy (non-hydrogen) atoms. The molecule has 0 aromatic rings. The molecular formula is C9H14N2O. The first-order valence-corrected chi connectivity index (χ1v) is 4.57. The normalized spacial score (nSPS) is 36.7. The van der Waals surface area contributed by atoms with Crippen molar-refractivity contribution in [2.75, 3.05) is 13.1 Å². The van der Waals surface area contributed by atoms with Crippen LogP contribution in [0, 0.1) is 11.3 Å². The second-order valence-electron chi connectivity index (χ2n) is 4.01. The largest absolute Gasteiger partial charge is 0.387 e. The molecule has 1 aliphatic carbocycles. The first kappa shape index (κ1) is 8.03. The van der Waals surface area contributed by atoms with Gasteiger partial charge in [0.05, 0.1) is 18.1 Å². The van der Waals surface area contributed by atoms with Crippen molar-refractivity contribution in [1.82, 2.24) is 4.90 Å². The molecule has 1 atom stereocenters. The topological polar surface area (TPSA) is 47.3 Å². The summed E-state index contributed by atoms with van der Waals surface area (Å²) in [4.78, 5) is 2.32. The maximum absolute atomic E-state index is 9.87. The first-order chi connectivity index (χ1) is 5.73. The fraction of sp³-hybridized carbons (Fsp3) is 0.889. The monoisotopic (exact) mass is 166 g/mol. The second kappa shape index (κ2) is 2.72. The predicted molar refractivity (Wildman–Crippen MR) is 44.4 cm³/mol. The summed E-state index contributed by atoms with van der Waals surface area (Å²) in [5, 5.41) is 18.4. The van der Waals surface area contributed by atoms with Crippen molar-refractivity contribution in [2.45, 2.75) is 37.3 Å². The van der Waals surface area contributed by atoms with Crippen LogP contribution >= 0.6 is 0 Å². The minimum Gasteiger partial charge on any atom is -0.387 e. The first-order valence-electron chi connectivity index (χ1n) is 4.57. The number of hydrogen-bond acceptors (Lipinski definition) is 3. The molecule has 1 unspecified atom stereocenters. The molecule has 66 valence electrons. The number of hydrogen-bond donors (Lipinski definition) is 1. The summed E-state index contributed by atoms with van der Waals surface area (Å²) in [5.41, 5.74) is -0.697.